The van der Waals surface area contributed by atoms with Crippen LogP contribution in [0.15, 0.2) is 0 Å². The lowest BCUT2D eigenvalue weighted by Crippen LogP contribution is -2.34. The SMILES string of the molecule is CCOCCCN(CC)CC(C)C(N)=S. The molecule has 0 saturated carbocycles. The van der Waals surface area contributed by atoms with Crippen LogP contribution in [-0.4, -0.2) is 42.7 Å². The predicted octanol–water partition coefficient (Wildman–Crippen LogP) is 1.66. The molecule has 0 aliphatic heterocycles. The summed E-state index contributed by atoms with van der Waals surface area (Å²) in [6.45, 7) is 11.0. The summed E-state index contributed by atoms with van der Waals surface area (Å²) in [5, 5.41) is 0. The Morgan fingerprint density at radius 1 is 1.47 bits per heavy atom. The highest BCUT2D eigenvalue weighted by molar-refractivity contribution is 7.80. The third-order valence-electron chi connectivity index (χ3n) is 2.43. The first-order chi connectivity index (χ1) is 7.11. The molecule has 90 valence electrons. The van der Waals surface area contributed by atoms with Crippen LogP contribution in [0, 0.1) is 5.92 Å². The van der Waals surface area contributed by atoms with E-state index >= 15 is 0 Å². The number of hydrogen-bond donors (Lipinski definition) is 1. The van der Waals surface area contributed by atoms with Crippen molar-refractivity contribution in [3.63, 3.8) is 0 Å². The molecular formula is C11H24N2OS. The van der Waals surface area contributed by atoms with Crippen molar-refractivity contribution in [1.29, 1.82) is 0 Å². The highest BCUT2D eigenvalue weighted by Gasteiger charge is 2.10. The zero-order chi connectivity index (χ0) is 11.7. The van der Waals surface area contributed by atoms with Gasteiger partial charge >= 0.3 is 0 Å². The molecule has 0 aromatic carbocycles. The maximum absolute atomic E-state index is 5.60. The molecule has 0 bridgehead atoms. The van der Waals surface area contributed by atoms with Gasteiger partial charge in [-0.05, 0) is 19.9 Å². The minimum atomic E-state index is 0.298. The standard InChI is InChI=1S/C11H24N2OS/c1-4-13(7-6-8-14-5-2)9-10(3)11(12)15/h10H,4-9H2,1-3H3,(H2,12,15). The highest BCUT2D eigenvalue weighted by Crippen LogP contribution is 2.01. The Hall–Kier alpha value is -0.190. The zero-order valence-electron chi connectivity index (χ0n) is 10.2. The largest absolute Gasteiger partial charge is 0.393 e. The third kappa shape index (κ3) is 7.71. The van der Waals surface area contributed by atoms with Crippen molar-refractivity contribution in [2.24, 2.45) is 11.7 Å². The molecule has 0 amide bonds. The van der Waals surface area contributed by atoms with Crippen LogP contribution < -0.4 is 5.73 Å². The fourth-order valence-corrected chi connectivity index (χ4v) is 1.46. The molecule has 0 radical (unpaired) electrons. The Morgan fingerprint density at radius 3 is 2.60 bits per heavy atom. The molecule has 2 N–H and O–H groups in total. The lowest BCUT2D eigenvalue weighted by molar-refractivity contribution is 0.131. The van der Waals surface area contributed by atoms with E-state index in [9.17, 15) is 0 Å². The maximum atomic E-state index is 5.60. The van der Waals surface area contributed by atoms with Gasteiger partial charge in [-0.25, -0.2) is 0 Å². The van der Waals surface area contributed by atoms with E-state index in [1.165, 1.54) is 0 Å². The lowest BCUT2D eigenvalue weighted by Gasteiger charge is -2.23. The summed E-state index contributed by atoms with van der Waals surface area (Å²) in [7, 11) is 0. The van der Waals surface area contributed by atoms with E-state index in [-0.39, 0.29) is 0 Å². The van der Waals surface area contributed by atoms with Gasteiger partial charge in [0.1, 0.15) is 0 Å². The molecule has 4 heteroatoms. The fraction of sp³-hybridized carbons (Fsp3) is 0.909. The second-order valence-electron chi connectivity index (χ2n) is 3.75. The van der Waals surface area contributed by atoms with Crippen LogP contribution in [0.2, 0.25) is 0 Å². The second-order valence-corrected chi connectivity index (χ2v) is 4.22. The maximum Gasteiger partial charge on any atom is 0.0768 e. The predicted molar refractivity (Wildman–Crippen MR) is 69.2 cm³/mol. The van der Waals surface area contributed by atoms with Gasteiger partial charge in [-0.1, -0.05) is 26.1 Å². The first kappa shape index (κ1) is 14.8. The molecule has 0 heterocycles. The molecule has 0 aromatic heterocycles. The van der Waals surface area contributed by atoms with Crippen molar-refractivity contribution < 1.29 is 4.74 Å². The molecular weight excluding hydrogens is 208 g/mol. The van der Waals surface area contributed by atoms with E-state index < -0.39 is 0 Å². The number of thiocarbonyl (C=S) groups is 1. The van der Waals surface area contributed by atoms with Crippen LogP contribution in [-0.2, 0) is 4.74 Å². The minimum absolute atomic E-state index is 0.298. The number of hydrogen-bond acceptors (Lipinski definition) is 3. The Morgan fingerprint density at radius 2 is 2.13 bits per heavy atom. The Kier molecular flexibility index (Phi) is 8.95. The molecule has 0 saturated heterocycles. The monoisotopic (exact) mass is 232 g/mol. The number of nitrogens with two attached hydrogens (primary N) is 1. The van der Waals surface area contributed by atoms with Gasteiger partial charge in [-0.3, -0.25) is 0 Å². The van der Waals surface area contributed by atoms with Crippen molar-refractivity contribution >= 4 is 17.2 Å². The van der Waals surface area contributed by atoms with Crippen molar-refractivity contribution in [1.82, 2.24) is 4.90 Å². The molecule has 1 atom stereocenters. The van der Waals surface area contributed by atoms with Gasteiger partial charge in [0, 0.05) is 32.2 Å². The molecule has 3 nitrogen and oxygen atoms in total. The van der Waals surface area contributed by atoms with Crippen molar-refractivity contribution in [2.45, 2.75) is 27.2 Å². The quantitative estimate of drug-likeness (QED) is 0.485. The van der Waals surface area contributed by atoms with Crippen molar-refractivity contribution in [3.8, 4) is 0 Å². The van der Waals surface area contributed by atoms with Gasteiger partial charge in [0.2, 0.25) is 0 Å². The van der Waals surface area contributed by atoms with Gasteiger partial charge in [0.15, 0.2) is 0 Å². The van der Waals surface area contributed by atoms with E-state index in [2.05, 4.69) is 18.7 Å². The van der Waals surface area contributed by atoms with Gasteiger partial charge in [-0.15, -0.1) is 0 Å². The van der Waals surface area contributed by atoms with Crippen molar-refractivity contribution in [3.05, 3.63) is 0 Å². The fourth-order valence-electron chi connectivity index (χ4n) is 1.39. The summed E-state index contributed by atoms with van der Waals surface area (Å²) >= 11 is 4.97. The molecule has 0 aliphatic rings. The number of rotatable bonds is 9. The van der Waals surface area contributed by atoms with Crippen LogP contribution in [0.25, 0.3) is 0 Å². The van der Waals surface area contributed by atoms with Gasteiger partial charge in [0.05, 0.1) is 4.99 Å². The van der Waals surface area contributed by atoms with E-state index in [0.717, 1.165) is 39.3 Å². The number of nitrogens with zero attached hydrogens (tertiary/aromatic N) is 1. The smallest absolute Gasteiger partial charge is 0.0768 e. The normalized spacial score (nSPS) is 13.1. The number of ether oxygens (including phenoxy) is 1. The van der Waals surface area contributed by atoms with E-state index in [1.54, 1.807) is 0 Å². The molecule has 0 aliphatic carbocycles. The zero-order valence-corrected chi connectivity index (χ0v) is 11.0. The van der Waals surface area contributed by atoms with Gasteiger partial charge < -0.3 is 15.4 Å². The summed E-state index contributed by atoms with van der Waals surface area (Å²) in [6.07, 6.45) is 1.08. The second kappa shape index (κ2) is 9.07. The molecule has 0 spiro atoms. The summed E-state index contributed by atoms with van der Waals surface area (Å²) in [6, 6.07) is 0. The van der Waals surface area contributed by atoms with Crippen LogP contribution in [0.5, 0.6) is 0 Å². The summed E-state index contributed by atoms with van der Waals surface area (Å²) < 4.78 is 5.30. The van der Waals surface area contributed by atoms with Crippen LogP contribution in [0.1, 0.15) is 27.2 Å². The molecule has 15 heavy (non-hydrogen) atoms. The van der Waals surface area contributed by atoms with Gasteiger partial charge in [-0.2, -0.15) is 0 Å². The van der Waals surface area contributed by atoms with Gasteiger partial charge in [0.25, 0.3) is 0 Å². The van der Waals surface area contributed by atoms with E-state index in [1.807, 2.05) is 6.92 Å². The third-order valence-corrected chi connectivity index (χ3v) is 2.83. The first-order valence-corrected chi connectivity index (χ1v) is 6.12. The highest BCUT2D eigenvalue weighted by atomic mass is 32.1. The van der Waals surface area contributed by atoms with E-state index in [0.29, 0.717) is 10.9 Å². The summed E-state index contributed by atoms with van der Waals surface area (Å²) in [4.78, 5) is 2.97. The summed E-state index contributed by atoms with van der Waals surface area (Å²) in [5.41, 5.74) is 5.60. The molecule has 0 fully saturated rings. The molecule has 1 unspecified atom stereocenters. The van der Waals surface area contributed by atoms with Crippen LogP contribution in [0.4, 0.5) is 0 Å². The summed E-state index contributed by atoms with van der Waals surface area (Å²) in [5.74, 6) is 0.298. The van der Waals surface area contributed by atoms with E-state index in [4.69, 9.17) is 22.7 Å². The molecule has 0 aromatic rings. The minimum Gasteiger partial charge on any atom is -0.393 e. The molecule has 0 rings (SSSR count). The Labute approximate surface area is 99.0 Å². The van der Waals surface area contributed by atoms with Crippen molar-refractivity contribution in [2.75, 3.05) is 32.8 Å². The Balaban J connectivity index is 3.67. The average Bonchev–Trinajstić information content (AvgIpc) is 2.22. The first-order valence-electron chi connectivity index (χ1n) is 5.71. The topological polar surface area (TPSA) is 38.5 Å². The van der Waals surface area contributed by atoms with Crippen LogP contribution >= 0.6 is 12.2 Å². The lowest BCUT2D eigenvalue weighted by atomic mass is 10.1. The Bertz CT molecular complexity index is 176. The van der Waals surface area contributed by atoms with Crippen LogP contribution in [0.3, 0.4) is 0 Å². The average molecular weight is 232 g/mol.